The molecule has 0 aliphatic rings. The molecule has 0 aromatic heterocycles. The summed E-state index contributed by atoms with van der Waals surface area (Å²) in [6, 6.07) is 0.885. The van der Waals surface area contributed by atoms with Crippen molar-refractivity contribution in [3.8, 4) is 0 Å². The van der Waals surface area contributed by atoms with Gasteiger partial charge in [-0.15, -0.1) is 0 Å². The Morgan fingerprint density at radius 1 is 1.07 bits per heavy atom. The van der Waals surface area contributed by atoms with Gasteiger partial charge in [-0.05, 0) is 14.1 Å². The first-order valence-corrected chi connectivity index (χ1v) is 6.86. The molecule has 0 radical (unpaired) electrons. The molecule has 0 fully saturated rings. The first-order valence-electron chi connectivity index (χ1n) is 4.92. The molecular weight excluding hydrogens is 214 g/mol. The average molecular weight is 239 g/mol. The Morgan fingerprint density at radius 2 is 1.40 bits per heavy atom. The van der Waals surface area contributed by atoms with Crippen LogP contribution < -0.4 is 0 Å². The first kappa shape index (κ1) is 17.4. The lowest BCUT2D eigenvalue weighted by atomic mass is 10.6. The van der Waals surface area contributed by atoms with Gasteiger partial charge < -0.3 is 18.4 Å². The van der Waals surface area contributed by atoms with Crippen LogP contribution in [0, 0.1) is 0 Å². The van der Waals surface area contributed by atoms with Crippen LogP contribution in [0.25, 0.3) is 0 Å². The normalized spacial score (nSPS) is 11.2. The molecule has 0 aliphatic carbocycles. The highest BCUT2D eigenvalue weighted by Crippen LogP contribution is 2.13. The van der Waals surface area contributed by atoms with Crippen molar-refractivity contribution in [3.63, 3.8) is 0 Å². The summed E-state index contributed by atoms with van der Waals surface area (Å²) in [5.41, 5.74) is 0. The van der Waals surface area contributed by atoms with Gasteiger partial charge >= 0.3 is 8.80 Å². The number of rotatable bonds is 6. The smallest absolute Gasteiger partial charge is 0.381 e. The van der Waals surface area contributed by atoms with Gasteiger partial charge in [0, 0.05) is 27.4 Å². The zero-order chi connectivity index (χ0) is 12.3. The monoisotopic (exact) mass is 239 g/mol. The lowest BCUT2D eigenvalue weighted by Gasteiger charge is -2.23. The van der Waals surface area contributed by atoms with Gasteiger partial charge in [0.2, 0.25) is 0 Å². The predicted octanol–water partition coefficient (Wildman–Crippen LogP) is 0.772. The molecule has 1 N–H and O–H groups in total. The molecule has 0 rings (SSSR count). The highest BCUT2D eigenvalue weighted by molar-refractivity contribution is 6.60. The average Bonchev–Trinajstić information content (AvgIpc) is 2.27. The van der Waals surface area contributed by atoms with E-state index in [9.17, 15) is 0 Å². The molecule has 94 valence electrons. The van der Waals surface area contributed by atoms with Crippen LogP contribution in [0.3, 0.4) is 0 Å². The summed E-state index contributed by atoms with van der Waals surface area (Å²) in [5, 5.41) is 8.07. The zero-order valence-corrected chi connectivity index (χ0v) is 11.7. The van der Waals surface area contributed by atoms with Crippen LogP contribution in [0.1, 0.15) is 13.3 Å². The van der Waals surface area contributed by atoms with Gasteiger partial charge in [0.15, 0.2) is 0 Å². The SMILES string of the molecule is CCC[Si](OC)(OC)OC.CN(C)CO. The Bertz CT molecular complexity index is 123. The molecule has 0 saturated heterocycles. The van der Waals surface area contributed by atoms with E-state index in [1.165, 1.54) is 0 Å². The minimum Gasteiger partial charge on any atom is -0.381 e. The fraction of sp³-hybridized carbons (Fsp3) is 1.00. The van der Waals surface area contributed by atoms with Crippen molar-refractivity contribution < 1.29 is 18.4 Å². The zero-order valence-electron chi connectivity index (χ0n) is 10.7. The van der Waals surface area contributed by atoms with E-state index in [0.29, 0.717) is 0 Å². The van der Waals surface area contributed by atoms with Crippen molar-refractivity contribution in [2.45, 2.75) is 19.4 Å². The second-order valence-electron chi connectivity index (χ2n) is 3.27. The van der Waals surface area contributed by atoms with Crippen molar-refractivity contribution in [3.05, 3.63) is 0 Å². The number of aliphatic hydroxyl groups is 1. The standard InChI is InChI=1S/C6H16O3Si.C3H9NO/c1-5-6-10(7-2,8-3)9-4;1-4(2)3-5/h5-6H2,1-4H3;5H,3H2,1-2H3. The molecular formula is C9H25NO4Si. The second kappa shape index (κ2) is 10.5. The van der Waals surface area contributed by atoms with Gasteiger partial charge in [0.25, 0.3) is 0 Å². The van der Waals surface area contributed by atoms with Gasteiger partial charge in [0.1, 0.15) is 0 Å². The number of hydrogen-bond donors (Lipinski definition) is 1. The third-order valence-electron chi connectivity index (χ3n) is 1.77. The minimum absolute atomic E-state index is 0.139. The highest BCUT2D eigenvalue weighted by Gasteiger charge is 2.36. The van der Waals surface area contributed by atoms with Gasteiger partial charge in [0.05, 0.1) is 6.73 Å². The summed E-state index contributed by atoms with van der Waals surface area (Å²) in [6.07, 6.45) is 1.03. The molecule has 0 saturated carbocycles. The molecule has 15 heavy (non-hydrogen) atoms. The highest BCUT2D eigenvalue weighted by atomic mass is 28.4. The Morgan fingerprint density at radius 3 is 1.47 bits per heavy atom. The van der Waals surface area contributed by atoms with Gasteiger partial charge in [-0.3, -0.25) is 4.90 Å². The molecule has 0 unspecified atom stereocenters. The Labute approximate surface area is 94.3 Å². The third-order valence-corrected chi connectivity index (χ3v) is 4.75. The third kappa shape index (κ3) is 8.98. The van der Waals surface area contributed by atoms with E-state index in [0.717, 1.165) is 12.5 Å². The number of aliphatic hydroxyl groups excluding tert-OH is 1. The van der Waals surface area contributed by atoms with E-state index in [1.807, 2.05) is 0 Å². The predicted molar refractivity (Wildman–Crippen MR) is 62.7 cm³/mol. The molecule has 0 spiro atoms. The van der Waals surface area contributed by atoms with E-state index in [4.69, 9.17) is 18.4 Å². The van der Waals surface area contributed by atoms with E-state index in [1.54, 1.807) is 40.3 Å². The van der Waals surface area contributed by atoms with E-state index in [2.05, 4.69) is 6.92 Å². The summed E-state index contributed by atoms with van der Waals surface area (Å²) in [4.78, 5) is 1.68. The van der Waals surface area contributed by atoms with Crippen molar-refractivity contribution in [1.82, 2.24) is 4.90 Å². The van der Waals surface area contributed by atoms with Gasteiger partial charge in [-0.25, -0.2) is 0 Å². The molecule has 0 aromatic carbocycles. The molecule has 0 aromatic rings. The van der Waals surface area contributed by atoms with Crippen molar-refractivity contribution in [1.29, 1.82) is 0 Å². The van der Waals surface area contributed by atoms with Gasteiger partial charge in [-0.1, -0.05) is 13.3 Å². The fourth-order valence-corrected chi connectivity index (χ4v) is 2.59. The molecule has 0 amide bonds. The Hall–Kier alpha value is 0.0169. The van der Waals surface area contributed by atoms with Crippen LogP contribution in [-0.4, -0.2) is 61.0 Å². The van der Waals surface area contributed by atoms with Gasteiger partial charge in [-0.2, -0.15) is 0 Å². The fourth-order valence-electron chi connectivity index (χ4n) is 0.862. The Kier molecular flexibility index (Phi) is 12.2. The number of hydrogen-bond acceptors (Lipinski definition) is 5. The van der Waals surface area contributed by atoms with Crippen LogP contribution in [0.2, 0.25) is 6.04 Å². The molecule has 0 heterocycles. The maximum atomic E-state index is 8.07. The molecule has 0 atom stereocenters. The largest absolute Gasteiger partial charge is 0.500 e. The summed E-state index contributed by atoms with van der Waals surface area (Å²) < 4.78 is 15.5. The van der Waals surface area contributed by atoms with Crippen LogP contribution in [0.15, 0.2) is 0 Å². The van der Waals surface area contributed by atoms with Crippen LogP contribution >= 0.6 is 0 Å². The Balaban J connectivity index is 0. The lowest BCUT2D eigenvalue weighted by molar-refractivity contribution is 0.123. The van der Waals surface area contributed by atoms with Crippen molar-refractivity contribution in [2.24, 2.45) is 0 Å². The maximum absolute atomic E-state index is 8.07. The maximum Gasteiger partial charge on any atom is 0.500 e. The topological polar surface area (TPSA) is 51.2 Å². The van der Waals surface area contributed by atoms with E-state index in [-0.39, 0.29) is 6.73 Å². The molecule has 0 aliphatic heterocycles. The molecule has 5 nitrogen and oxygen atoms in total. The summed E-state index contributed by atoms with van der Waals surface area (Å²) in [5.74, 6) is 0. The van der Waals surface area contributed by atoms with Crippen molar-refractivity contribution >= 4 is 8.80 Å². The lowest BCUT2D eigenvalue weighted by Crippen LogP contribution is -2.42. The number of nitrogens with zero attached hydrogens (tertiary/aromatic N) is 1. The molecule has 0 bridgehead atoms. The van der Waals surface area contributed by atoms with Crippen LogP contribution in [0.4, 0.5) is 0 Å². The summed E-state index contributed by atoms with van der Waals surface area (Å²) in [6.45, 7) is 2.22. The van der Waals surface area contributed by atoms with Crippen LogP contribution in [-0.2, 0) is 13.3 Å². The van der Waals surface area contributed by atoms with E-state index < -0.39 is 8.80 Å². The minimum atomic E-state index is -2.22. The summed E-state index contributed by atoms with van der Waals surface area (Å²) in [7, 11) is 6.30. The first-order chi connectivity index (χ1) is 7.01. The summed E-state index contributed by atoms with van der Waals surface area (Å²) >= 11 is 0. The van der Waals surface area contributed by atoms with Crippen molar-refractivity contribution in [2.75, 3.05) is 42.2 Å². The quantitative estimate of drug-likeness (QED) is 0.548. The van der Waals surface area contributed by atoms with Crippen LogP contribution in [0.5, 0.6) is 0 Å². The van der Waals surface area contributed by atoms with E-state index >= 15 is 0 Å². The molecule has 6 heteroatoms. The second-order valence-corrected chi connectivity index (χ2v) is 6.36.